The second kappa shape index (κ2) is 5.20. The van der Waals surface area contributed by atoms with Crippen molar-refractivity contribution in [2.45, 2.75) is 13.8 Å². The molecular formula is C14H16O. The van der Waals surface area contributed by atoms with Crippen LogP contribution in [0.5, 0.6) is 0 Å². The van der Waals surface area contributed by atoms with Gasteiger partial charge in [-0.2, -0.15) is 0 Å². The molecule has 0 radical (unpaired) electrons. The molecule has 1 heteroatoms. The first-order valence-electron chi connectivity index (χ1n) is 4.90. The molecule has 0 aliphatic rings. The molecule has 0 fully saturated rings. The number of aliphatic hydroxyl groups excluding tert-OH is 1. The van der Waals surface area contributed by atoms with Gasteiger partial charge in [-0.05, 0) is 42.7 Å². The highest BCUT2D eigenvalue weighted by atomic mass is 16.3. The molecule has 0 bridgehead atoms. The first kappa shape index (κ1) is 11.3. The number of hydrogen-bond acceptors (Lipinski definition) is 1. The largest absolute Gasteiger partial charge is 0.513 e. The number of aliphatic hydroxyl groups is 1. The van der Waals surface area contributed by atoms with Gasteiger partial charge >= 0.3 is 0 Å². The Kier molecular flexibility index (Phi) is 3.92. The topological polar surface area (TPSA) is 20.2 Å². The van der Waals surface area contributed by atoms with E-state index in [1.165, 1.54) is 5.56 Å². The number of aryl methyl sites for hydroxylation is 1. The quantitative estimate of drug-likeness (QED) is 0.575. The van der Waals surface area contributed by atoms with E-state index in [-0.39, 0.29) is 0 Å². The van der Waals surface area contributed by atoms with Crippen LogP contribution >= 0.6 is 0 Å². The molecule has 1 aromatic rings. The van der Waals surface area contributed by atoms with Crippen LogP contribution < -0.4 is 0 Å². The van der Waals surface area contributed by atoms with E-state index in [0.29, 0.717) is 5.76 Å². The normalized spacial score (nSPS) is 12.0. The van der Waals surface area contributed by atoms with Gasteiger partial charge in [-0.25, -0.2) is 0 Å². The zero-order chi connectivity index (χ0) is 11.3. The SMILES string of the molecule is C=Cc1ccc(C)c(/C=C/C=C(/C)O)c1. The van der Waals surface area contributed by atoms with Crippen molar-refractivity contribution >= 4 is 12.2 Å². The summed E-state index contributed by atoms with van der Waals surface area (Å²) in [6.07, 6.45) is 7.30. The molecule has 0 spiro atoms. The molecule has 15 heavy (non-hydrogen) atoms. The van der Waals surface area contributed by atoms with Gasteiger partial charge < -0.3 is 5.11 Å². The molecule has 0 heterocycles. The van der Waals surface area contributed by atoms with Crippen molar-refractivity contribution in [3.8, 4) is 0 Å². The first-order chi connectivity index (χ1) is 7.13. The molecule has 0 unspecified atom stereocenters. The first-order valence-corrected chi connectivity index (χ1v) is 4.90. The van der Waals surface area contributed by atoms with E-state index in [0.717, 1.165) is 11.1 Å². The summed E-state index contributed by atoms with van der Waals surface area (Å²) in [5, 5.41) is 8.99. The van der Waals surface area contributed by atoms with Gasteiger partial charge in [-0.3, -0.25) is 0 Å². The number of allylic oxidation sites excluding steroid dienone is 3. The van der Waals surface area contributed by atoms with Crippen molar-refractivity contribution in [2.24, 2.45) is 0 Å². The molecule has 0 aliphatic heterocycles. The molecule has 1 nitrogen and oxygen atoms in total. The lowest BCUT2D eigenvalue weighted by Gasteiger charge is -2.01. The molecule has 0 saturated carbocycles. The van der Waals surface area contributed by atoms with Crippen LogP contribution in [0.1, 0.15) is 23.6 Å². The Balaban J connectivity index is 2.98. The monoisotopic (exact) mass is 200 g/mol. The average Bonchev–Trinajstić information content (AvgIpc) is 2.20. The van der Waals surface area contributed by atoms with Crippen molar-refractivity contribution in [3.63, 3.8) is 0 Å². The highest BCUT2D eigenvalue weighted by Gasteiger charge is 1.94. The van der Waals surface area contributed by atoms with E-state index in [9.17, 15) is 0 Å². The molecule has 0 aromatic heterocycles. The second-order valence-electron chi connectivity index (χ2n) is 3.49. The Morgan fingerprint density at radius 2 is 2.13 bits per heavy atom. The van der Waals surface area contributed by atoms with Crippen LogP contribution in [-0.4, -0.2) is 5.11 Å². The summed E-state index contributed by atoms with van der Waals surface area (Å²) < 4.78 is 0. The Morgan fingerprint density at radius 1 is 1.40 bits per heavy atom. The molecule has 0 atom stereocenters. The summed E-state index contributed by atoms with van der Waals surface area (Å²) in [6.45, 7) is 7.44. The molecule has 0 amide bonds. The predicted molar refractivity (Wildman–Crippen MR) is 66.7 cm³/mol. The molecule has 0 aliphatic carbocycles. The molecule has 78 valence electrons. The van der Waals surface area contributed by atoms with Gasteiger partial charge in [0.25, 0.3) is 0 Å². The highest BCUT2D eigenvalue weighted by molar-refractivity contribution is 5.60. The van der Waals surface area contributed by atoms with E-state index >= 15 is 0 Å². The lowest BCUT2D eigenvalue weighted by Crippen LogP contribution is -1.81. The van der Waals surface area contributed by atoms with Crippen LogP contribution in [0.2, 0.25) is 0 Å². The van der Waals surface area contributed by atoms with Crippen LogP contribution in [0.3, 0.4) is 0 Å². The van der Waals surface area contributed by atoms with E-state index in [1.807, 2.05) is 24.3 Å². The number of rotatable bonds is 3. The van der Waals surface area contributed by atoms with Gasteiger partial charge in [0.15, 0.2) is 0 Å². The molecule has 0 saturated heterocycles. The third-order valence-electron chi connectivity index (χ3n) is 2.15. The fourth-order valence-electron chi connectivity index (χ4n) is 1.26. The summed E-state index contributed by atoms with van der Waals surface area (Å²) >= 11 is 0. The van der Waals surface area contributed by atoms with E-state index in [2.05, 4.69) is 25.6 Å². The maximum atomic E-state index is 8.99. The predicted octanol–water partition coefficient (Wildman–Crippen LogP) is 4.11. The van der Waals surface area contributed by atoms with Gasteiger partial charge in [0.05, 0.1) is 5.76 Å². The van der Waals surface area contributed by atoms with Crippen LogP contribution in [0, 0.1) is 6.92 Å². The van der Waals surface area contributed by atoms with Crippen molar-refractivity contribution in [2.75, 3.05) is 0 Å². The Labute approximate surface area is 91.1 Å². The second-order valence-corrected chi connectivity index (χ2v) is 3.49. The minimum Gasteiger partial charge on any atom is -0.513 e. The maximum Gasteiger partial charge on any atom is 0.0891 e. The standard InChI is InChI=1S/C14H16O/c1-4-13-9-8-11(2)14(10-13)7-5-6-12(3)15/h4-10,15H,1H2,2-3H3/b7-5+,12-6-. The van der Waals surface area contributed by atoms with E-state index < -0.39 is 0 Å². The minimum absolute atomic E-state index is 0.309. The Hall–Kier alpha value is -1.76. The van der Waals surface area contributed by atoms with Gasteiger partial charge in [-0.1, -0.05) is 36.9 Å². The third-order valence-corrected chi connectivity index (χ3v) is 2.15. The number of hydrogen-bond donors (Lipinski definition) is 1. The minimum atomic E-state index is 0.309. The molecule has 1 N–H and O–H groups in total. The molecule has 1 rings (SSSR count). The van der Waals surface area contributed by atoms with Gasteiger partial charge in [0, 0.05) is 0 Å². The van der Waals surface area contributed by atoms with E-state index in [4.69, 9.17) is 5.11 Å². The van der Waals surface area contributed by atoms with Crippen LogP contribution in [-0.2, 0) is 0 Å². The van der Waals surface area contributed by atoms with Crippen LogP contribution in [0.15, 0.2) is 42.7 Å². The van der Waals surface area contributed by atoms with E-state index in [1.54, 1.807) is 13.0 Å². The third kappa shape index (κ3) is 3.47. The number of benzene rings is 1. The summed E-state index contributed by atoms with van der Waals surface area (Å²) in [5.74, 6) is 0.309. The van der Waals surface area contributed by atoms with Crippen LogP contribution in [0.4, 0.5) is 0 Å². The lowest BCUT2D eigenvalue weighted by atomic mass is 10.0. The molecule has 1 aromatic carbocycles. The fraction of sp³-hybridized carbons (Fsp3) is 0.143. The highest BCUT2D eigenvalue weighted by Crippen LogP contribution is 2.13. The average molecular weight is 200 g/mol. The summed E-state index contributed by atoms with van der Waals surface area (Å²) in [7, 11) is 0. The van der Waals surface area contributed by atoms with Gasteiger partial charge in [-0.15, -0.1) is 0 Å². The zero-order valence-corrected chi connectivity index (χ0v) is 9.20. The van der Waals surface area contributed by atoms with Crippen molar-refractivity contribution in [3.05, 3.63) is 59.4 Å². The van der Waals surface area contributed by atoms with Crippen molar-refractivity contribution < 1.29 is 5.11 Å². The maximum absolute atomic E-state index is 8.99. The van der Waals surface area contributed by atoms with Crippen molar-refractivity contribution in [1.82, 2.24) is 0 Å². The van der Waals surface area contributed by atoms with Crippen LogP contribution in [0.25, 0.3) is 12.2 Å². The van der Waals surface area contributed by atoms with Gasteiger partial charge in [0.1, 0.15) is 0 Å². The zero-order valence-electron chi connectivity index (χ0n) is 9.20. The summed E-state index contributed by atoms with van der Waals surface area (Å²) in [5.41, 5.74) is 3.45. The summed E-state index contributed by atoms with van der Waals surface area (Å²) in [4.78, 5) is 0. The lowest BCUT2D eigenvalue weighted by molar-refractivity contribution is 0.414. The Morgan fingerprint density at radius 3 is 2.73 bits per heavy atom. The van der Waals surface area contributed by atoms with Crippen molar-refractivity contribution in [1.29, 1.82) is 0 Å². The smallest absolute Gasteiger partial charge is 0.0891 e. The summed E-state index contributed by atoms with van der Waals surface area (Å²) in [6, 6.07) is 6.17. The fourth-order valence-corrected chi connectivity index (χ4v) is 1.26. The van der Waals surface area contributed by atoms with Gasteiger partial charge in [0.2, 0.25) is 0 Å². The Bertz CT molecular complexity index is 407. The molecular weight excluding hydrogens is 184 g/mol.